The van der Waals surface area contributed by atoms with Gasteiger partial charge in [-0.15, -0.1) is 0 Å². The number of carbonyl (C=O) groups excluding carboxylic acids is 1. The van der Waals surface area contributed by atoms with Gasteiger partial charge in [0.1, 0.15) is 0 Å². The molecule has 0 aliphatic carbocycles. The quantitative estimate of drug-likeness (QED) is 0.783. The monoisotopic (exact) mass is 247 g/mol. The number of aliphatic hydroxyl groups is 1. The number of benzene rings is 1. The van der Waals surface area contributed by atoms with Crippen LogP contribution < -0.4 is 5.32 Å². The van der Waals surface area contributed by atoms with E-state index in [2.05, 4.69) is 5.32 Å². The van der Waals surface area contributed by atoms with Gasteiger partial charge in [0.2, 0.25) is 5.91 Å². The third-order valence-electron chi connectivity index (χ3n) is 2.80. The van der Waals surface area contributed by atoms with Gasteiger partial charge in [0.15, 0.2) is 0 Å². The number of rotatable bonds is 5. The standard InChI is InChI=1S/C15H21NO2/c1-11(2)14(10-17)16-15(18)8-7-13-6-4-5-12(3)9-13/h4-9,11,14,17H,10H2,1-3H3,(H,16,18)/t14-/m1/s1. The second-order valence-corrected chi connectivity index (χ2v) is 4.79. The zero-order valence-corrected chi connectivity index (χ0v) is 11.2. The van der Waals surface area contributed by atoms with Crippen molar-refractivity contribution in [3.8, 4) is 0 Å². The van der Waals surface area contributed by atoms with Gasteiger partial charge >= 0.3 is 0 Å². The normalized spacial score (nSPS) is 12.9. The number of hydrogen-bond acceptors (Lipinski definition) is 2. The van der Waals surface area contributed by atoms with E-state index in [1.54, 1.807) is 6.08 Å². The summed E-state index contributed by atoms with van der Waals surface area (Å²) in [7, 11) is 0. The topological polar surface area (TPSA) is 49.3 Å². The first-order chi connectivity index (χ1) is 8.52. The van der Waals surface area contributed by atoms with E-state index < -0.39 is 0 Å². The fourth-order valence-corrected chi connectivity index (χ4v) is 1.60. The van der Waals surface area contributed by atoms with Crippen molar-refractivity contribution in [2.75, 3.05) is 6.61 Å². The van der Waals surface area contributed by atoms with Crippen molar-refractivity contribution in [1.29, 1.82) is 0 Å². The van der Waals surface area contributed by atoms with Gasteiger partial charge in [-0.3, -0.25) is 4.79 Å². The average Bonchev–Trinajstić information content (AvgIpc) is 2.33. The van der Waals surface area contributed by atoms with Gasteiger partial charge in [-0.1, -0.05) is 43.7 Å². The molecule has 0 unspecified atom stereocenters. The summed E-state index contributed by atoms with van der Waals surface area (Å²) in [4.78, 5) is 11.7. The van der Waals surface area contributed by atoms with E-state index in [9.17, 15) is 4.79 Å². The lowest BCUT2D eigenvalue weighted by atomic mass is 10.1. The van der Waals surface area contributed by atoms with Crippen LogP contribution in [-0.4, -0.2) is 23.7 Å². The molecule has 2 N–H and O–H groups in total. The maximum Gasteiger partial charge on any atom is 0.244 e. The summed E-state index contributed by atoms with van der Waals surface area (Å²) in [5.41, 5.74) is 2.16. The Morgan fingerprint density at radius 2 is 2.17 bits per heavy atom. The van der Waals surface area contributed by atoms with Crippen LogP contribution in [0.1, 0.15) is 25.0 Å². The lowest BCUT2D eigenvalue weighted by Gasteiger charge is -2.18. The molecular formula is C15H21NO2. The Morgan fingerprint density at radius 1 is 1.44 bits per heavy atom. The maximum atomic E-state index is 11.7. The van der Waals surface area contributed by atoms with E-state index in [-0.39, 0.29) is 24.5 Å². The highest BCUT2D eigenvalue weighted by Gasteiger charge is 2.12. The fraction of sp³-hybridized carbons (Fsp3) is 0.400. The summed E-state index contributed by atoms with van der Waals surface area (Å²) < 4.78 is 0. The fourth-order valence-electron chi connectivity index (χ4n) is 1.60. The Bertz CT molecular complexity index is 424. The molecule has 18 heavy (non-hydrogen) atoms. The number of amides is 1. The van der Waals surface area contributed by atoms with Gasteiger partial charge in [0.05, 0.1) is 12.6 Å². The SMILES string of the molecule is Cc1cccc(C=CC(=O)N[C@H](CO)C(C)C)c1. The van der Waals surface area contributed by atoms with Crippen molar-refractivity contribution in [2.24, 2.45) is 5.92 Å². The molecule has 0 aromatic heterocycles. The molecule has 1 atom stereocenters. The molecule has 0 saturated carbocycles. The first kappa shape index (κ1) is 14.5. The molecule has 0 fully saturated rings. The van der Waals surface area contributed by atoms with Gasteiger partial charge in [-0.25, -0.2) is 0 Å². The maximum absolute atomic E-state index is 11.7. The number of aliphatic hydroxyl groups excluding tert-OH is 1. The van der Waals surface area contributed by atoms with E-state index >= 15 is 0 Å². The van der Waals surface area contributed by atoms with Crippen molar-refractivity contribution in [1.82, 2.24) is 5.32 Å². The molecule has 3 nitrogen and oxygen atoms in total. The predicted molar refractivity (Wildman–Crippen MR) is 74.1 cm³/mol. The van der Waals surface area contributed by atoms with Crippen molar-refractivity contribution in [3.63, 3.8) is 0 Å². The van der Waals surface area contributed by atoms with Gasteiger partial charge in [0, 0.05) is 6.08 Å². The first-order valence-electron chi connectivity index (χ1n) is 6.19. The Kier molecular flexibility index (Phi) is 5.59. The van der Waals surface area contributed by atoms with Crippen molar-refractivity contribution >= 4 is 12.0 Å². The summed E-state index contributed by atoms with van der Waals surface area (Å²) in [5.74, 6) is 0.0376. The van der Waals surface area contributed by atoms with Crippen molar-refractivity contribution in [3.05, 3.63) is 41.5 Å². The molecule has 1 amide bonds. The molecule has 0 spiro atoms. The van der Waals surface area contributed by atoms with Gasteiger partial charge in [-0.2, -0.15) is 0 Å². The molecule has 0 bridgehead atoms. The number of aryl methyl sites for hydroxylation is 1. The predicted octanol–water partition coefficient (Wildman–Crippen LogP) is 2.14. The van der Waals surface area contributed by atoms with E-state index in [1.807, 2.05) is 45.0 Å². The molecule has 0 heterocycles. The Hall–Kier alpha value is -1.61. The van der Waals surface area contributed by atoms with Crippen LogP contribution in [0.3, 0.4) is 0 Å². The minimum Gasteiger partial charge on any atom is -0.394 e. The second kappa shape index (κ2) is 6.97. The molecule has 98 valence electrons. The van der Waals surface area contributed by atoms with Crippen molar-refractivity contribution < 1.29 is 9.90 Å². The van der Waals surface area contributed by atoms with E-state index in [1.165, 1.54) is 6.08 Å². The zero-order valence-electron chi connectivity index (χ0n) is 11.2. The number of hydrogen-bond donors (Lipinski definition) is 2. The molecule has 0 aliphatic rings. The molecule has 0 radical (unpaired) electrons. The summed E-state index contributed by atoms with van der Waals surface area (Å²) in [6, 6.07) is 7.73. The Labute approximate surface area is 109 Å². The average molecular weight is 247 g/mol. The molecule has 1 aromatic rings. The number of carbonyl (C=O) groups is 1. The molecule has 0 aliphatic heterocycles. The van der Waals surface area contributed by atoms with Crippen molar-refractivity contribution in [2.45, 2.75) is 26.8 Å². The molecule has 1 rings (SSSR count). The molecule has 3 heteroatoms. The summed E-state index contributed by atoms with van der Waals surface area (Å²) in [5, 5.41) is 11.9. The van der Waals surface area contributed by atoms with Crippen LogP contribution in [-0.2, 0) is 4.79 Å². The summed E-state index contributed by atoms with van der Waals surface area (Å²) >= 11 is 0. The molecular weight excluding hydrogens is 226 g/mol. The summed E-state index contributed by atoms with van der Waals surface area (Å²) in [6.45, 7) is 5.90. The third-order valence-corrected chi connectivity index (χ3v) is 2.80. The van der Waals surface area contributed by atoms with Crippen LogP contribution in [0.4, 0.5) is 0 Å². The van der Waals surface area contributed by atoms with Crippen LogP contribution in [0.2, 0.25) is 0 Å². The highest BCUT2D eigenvalue weighted by atomic mass is 16.3. The van der Waals surface area contributed by atoms with Gasteiger partial charge in [0.25, 0.3) is 0 Å². The second-order valence-electron chi connectivity index (χ2n) is 4.79. The first-order valence-corrected chi connectivity index (χ1v) is 6.19. The minimum absolute atomic E-state index is 0.0400. The van der Waals surface area contributed by atoms with Crippen LogP contribution in [0.15, 0.2) is 30.3 Å². The summed E-state index contributed by atoms with van der Waals surface area (Å²) in [6.07, 6.45) is 3.27. The Morgan fingerprint density at radius 3 is 2.72 bits per heavy atom. The third kappa shape index (κ3) is 4.72. The zero-order chi connectivity index (χ0) is 13.5. The molecule has 0 saturated heterocycles. The van der Waals surface area contributed by atoms with Crippen LogP contribution in [0, 0.1) is 12.8 Å². The van der Waals surface area contributed by atoms with E-state index in [0.29, 0.717) is 0 Å². The van der Waals surface area contributed by atoms with E-state index in [0.717, 1.165) is 11.1 Å². The minimum atomic E-state index is -0.195. The van der Waals surface area contributed by atoms with E-state index in [4.69, 9.17) is 5.11 Å². The van der Waals surface area contributed by atoms with Crippen LogP contribution in [0.25, 0.3) is 6.08 Å². The van der Waals surface area contributed by atoms with Crippen LogP contribution >= 0.6 is 0 Å². The Balaban J connectivity index is 2.59. The lowest BCUT2D eigenvalue weighted by molar-refractivity contribution is -0.117. The highest BCUT2D eigenvalue weighted by Crippen LogP contribution is 2.06. The largest absolute Gasteiger partial charge is 0.394 e. The number of nitrogens with one attached hydrogen (secondary N) is 1. The smallest absolute Gasteiger partial charge is 0.244 e. The lowest BCUT2D eigenvalue weighted by Crippen LogP contribution is -2.40. The van der Waals surface area contributed by atoms with Gasteiger partial charge < -0.3 is 10.4 Å². The van der Waals surface area contributed by atoms with Gasteiger partial charge in [-0.05, 0) is 24.5 Å². The highest BCUT2D eigenvalue weighted by molar-refractivity contribution is 5.91. The van der Waals surface area contributed by atoms with Crippen LogP contribution in [0.5, 0.6) is 0 Å². The molecule has 1 aromatic carbocycles.